The number of thiophene rings is 1. The minimum atomic E-state index is -0.106. The second-order valence-corrected chi connectivity index (χ2v) is 7.46. The molecule has 134 valence electrons. The van der Waals surface area contributed by atoms with Gasteiger partial charge in [-0.05, 0) is 54.4 Å². The molecular formula is C21H21NO3S. The minimum Gasteiger partial charge on any atom is -0.508 e. The van der Waals surface area contributed by atoms with E-state index in [9.17, 15) is 15.0 Å². The summed E-state index contributed by atoms with van der Waals surface area (Å²) < 4.78 is 0. The van der Waals surface area contributed by atoms with E-state index >= 15 is 0 Å². The zero-order valence-electron chi connectivity index (χ0n) is 14.6. The number of benzene rings is 2. The molecule has 0 saturated heterocycles. The number of phenols is 1. The van der Waals surface area contributed by atoms with Gasteiger partial charge in [0.25, 0.3) is 5.91 Å². The summed E-state index contributed by atoms with van der Waals surface area (Å²) in [5.74, 6) is 0.104. The smallest absolute Gasteiger partial charge is 0.254 e. The van der Waals surface area contributed by atoms with Gasteiger partial charge in [0.1, 0.15) is 5.75 Å². The van der Waals surface area contributed by atoms with Crippen LogP contribution in [0.2, 0.25) is 0 Å². The first-order valence-corrected chi connectivity index (χ1v) is 9.23. The Morgan fingerprint density at radius 2 is 1.81 bits per heavy atom. The fourth-order valence-corrected chi connectivity index (χ4v) is 3.71. The summed E-state index contributed by atoms with van der Waals surface area (Å²) in [6, 6.07) is 18.4. The van der Waals surface area contributed by atoms with Crippen molar-refractivity contribution in [2.24, 2.45) is 0 Å². The predicted molar refractivity (Wildman–Crippen MR) is 104 cm³/mol. The van der Waals surface area contributed by atoms with Crippen LogP contribution in [-0.2, 0) is 6.54 Å². The summed E-state index contributed by atoms with van der Waals surface area (Å²) in [5, 5.41) is 18.8. The highest BCUT2D eigenvalue weighted by Gasteiger charge is 2.17. The number of amides is 1. The van der Waals surface area contributed by atoms with Crippen LogP contribution in [0.5, 0.6) is 5.75 Å². The molecule has 0 aliphatic heterocycles. The van der Waals surface area contributed by atoms with E-state index in [0.717, 1.165) is 16.0 Å². The Hall–Kier alpha value is -2.63. The predicted octanol–water partition coefficient (Wildman–Crippen LogP) is 4.06. The van der Waals surface area contributed by atoms with Gasteiger partial charge in [-0.1, -0.05) is 24.3 Å². The first kappa shape index (κ1) is 18.2. The van der Waals surface area contributed by atoms with Gasteiger partial charge in [0.2, 0.25) is 0 Å². The number of aliphatic hydroxyl groups excluding tert-OH is 1. The Labute approximate surface area is 157 Å². The number of nitrogens with zero attached hydrogens (tertiary/aromatic N) is 1. The van der Waals surface area contributed by atoms with E-state index in [1.807, 2.05) is 49.4 Å². The zero-order chi connectivity index (χ0) is 18.5. The summed E-state index contributed by atoms with van der Waals surface area (Å²) in [5.41, 5.74) is 2.42. The number of aromatic hydroxyl groups is 1. The fourth-order valence-electron chi connectivity index (χ4n) is 2.80. The van der Waals surface area contributed by atoms with Crippen molar-refractivity contribution in [2.45, 2.75) is 13.5 Å². The van der Waals surface area contributed by atoms with Crippen molar-refractivity contribution in [3.05, 3.63) is 76.0 Å². The minimum absolute atomic E-state index is 0.0756. The van der Waals surface area contributed by atoms with Crippen LogP contribution in [0.25, 0.3) is 11.1 Å². The topological polar surface area (TPSA) is 60.8 Å². The molecule has 1 heterocycles. The van der Waals surface area contributed by atoms with Crippen molar-refractivity contribution < 1.29 is 15.0 Å². The molecule has 4 nitrogen and oxygen atoms in total. The maximum absolute atomic E-state index is 13.0. The largest absolute Gasteiger partial charge is 0.508 e. The van der Waals surface area contributed by atoms with Crippen LogP contribution < -0.4 is 0 Å². The summed E-state index contributed by atoms with van der Waals surface area (Å²) in [4.78, 5) is 16.9. The SMILES string of the molecule is Cc1ccc(CN(CCO)C(=O)c2cccc(-c3ccc(O)cc3)c2)s1. The lowest BCUT2D eigenvalue weighted by molar-refractivity contribution is 0.0710. The fraction of sp³-hybridized carbons (Fsp3) is 0.190. The number of aliphatic hydroxyl groups is 1. The number of carbonyl (C=O) groups is 1. The van der Waals surface area contributed by atoms with Crippen LogP contribution in [0.3, 0.4) is 0 Å². The molecular weight excluding hydrogens is 346 g/mol. The van der Waals surface area contributed by atoms with Crippen molar-refractivity contribution in [1.29, 1.82) is 0 Å². The van der Waals surface area contributed by atoms with Crippen LogP contribution in [0.15, 0.2) is 60.7 Å². The van der Waals surface area contributed by atoms with Crippen LogP contribution in [0.4, 0.5) is 0 Å². The van der Waals surface area contributed by atoms with Gasteiger partial charge in [-0.3, -0.25) is 4.79 Å². The molecule has 2 aromatic carbocycles. The number of hydrogen-bond donors (Lipinski definition) is 2. The molecule has 0 fully saturated rings. The van der Waals surface area contributed by atoms with Crippen molar-refractivity contribution in [3.63, 3.8) is 0 Å². The van der Waals surface area contributed by atoms with Crippen molar-refractivity contribution in [1.82, 2.24) is 4.90 Å². The molecule has 1 aromatic heterocycles. The molecule has 1 amide bonds. The third-order valence-electron chi connectivity index (χ3n) is 4.11. The Morgan fingerprint density at radius 1 is 1.04 bits per heavy atom. The first-order valence-electron chi connectivity index (χ1n) is 8.42. The Kier molecular flexibility index (Phi) is 5.71. The zero-order valence-corrected chi connectivity index (χ0v) is 15.4. The molecule has 5 heteroatoms. The van der Waals surface area contributed by atoms with Gasteiger partial charge in [0, 0.05) is 21.9 Å². The summed E-state index contributed by atoms with van der Waals surface area (Å²) in [6.45, 7) is 2.74. The van der Waals surface area contributed by atoms with Gasteiger partial charge >= 0.3 is 0 Å². The highest BCUT2D eigenvalue weighted by Crippen LogP contribution is 2.24. The van der Waals surface area contributed by atoms with E-state index in [2.05, 4.69) is 0 Å². The Balaban J connectivity index is 1.84. The average Bonchev–Trinajstić information content (AvgIpc) is 3.06. The lowest BCUT2D eigenvalue weighted by atomic mass is 10.0. The second kappa shape index (κ2) is 8.17. The van der Waals surface area contributed by atoms with Crippen molar-refractivity contribution in [3.8, 4) is 16.9 Å². The Morgan fingerprint density at radius 3 is 2.46 bits per heavy atom. The molecule has 2 N–H and O–H groups in total. The van der Waals surface area contributed by atoms with E-state index in [0.29, 0.717) is 18.7 Å². The lowest BCUT2D eigenvalue weighted by Gasteiger charge is -2.21. The first-order chi connectivity index (χ1) is 12.6. The summed E-state index contributed by atoms with van der Waals surface area (Å²) in [6.07, 6.45) is 0. The highest BCUT2D eigenvalue weighted by atomic mass is 32.1. The normalized spacial score (nSPS) is 10.7. The number of aryl methyl sites for hydroxylation is 1. The molecule has 0 atom stereocenters. The lowest BCUT2D eigenvalue weighted by Crippen LogP contribution is -2.32. The van der Waals surface area contributed by atoms with Gasteiger partial charge in [-0.2, -0.15) is 0 Å². The molecule has 0 radical (unpaired) electrons. The third kappa shape index (κ3) is 4.31. The van der Waals surface area contributed by atoms with Crippen LogP contribution >= 0.6 is 11.3 Å². The van der Waals surface area contributed by atoms with E-state index in [1.54, 1.807) is 34.4 Å². The molecule has 26 heavy (non-hydrogen) atoms. The molecule has 0 bridgehead atoms. The molecule has 3 rings (SSSR count). The van der Waals surface area contributed by atoms with E-state index in [1.165, 1.54) is 4.88 Å². The van der Waals surface area contributed by atoms with Crippen molar-refractivity contribution >= 4 is 17.2 Å². The van der Waals surface area contributed by atoms with E-state index in [4.69, 9.17) is 0 Å². The third-order valence-corrected chi connectivity index (χ3v) is 5.10. The molecule has 0 aliphatic carbocycles. The average molecular weight is 367 g/mol. The summed E-state index contributed by atoms with van der Waals surface area (Å²) in [7, 11) is 0. The van der Waals surface area contributed by atoms with E-state index in [-0.39, 0.29) is 18.3 Å². The van der Waals surface area contributed by atoms with Gasteiger partial charge in [-0.15, -0.1) is 11.3 Å². The molecule has 0 aliphatic rings. The maximum Gasteiger partial charge on any atom is 0.254 e. The number of hydrogen-bond acceptors (Lipinski definition) is 4. The van der Waals surface area contributed by atoms with Gasteiger partial charge in [0.05, 0.1) is 13.2 Å². The summed E-state index contributed by atoms with van der Waals surface area (Å²) >= 11 is 1.66. The Bertz CT molecular complexity index is 886. The van der Waals surface area contributed by atoms with Gasteiger partial charge < -0.3 is 15.1 Å². The standard InChI is InChI=1S/C21H21NO3S/c1-15-5-10-20(26-15)14-22(11-12-23)21(25)18-4-2-3-17(13-18)16-6-8-19(24)9-7-16/h2-10,13,23-24H,11-12,14H2,1H3. The van der Waals surface area contributed by atoms with Crippen LogP contribution in [0, 0.1) is 6.92 Å². The van der Waals surface area contributed by atoms with Crippen LogP contribution in [0.1, 0.15) is 20.1 Å². The highest BCUT2D eigenvalue weighted by molar-refractivity contribution is 7.11. The molecule has 0 spiro atoms. The maximum atomic E-state index is 13.0. The number of rotatable bonds is 6. The second-order valence-electron chi connectivity index (χ2n) is 6.09. The van der Waals surface area contributed by atoms with Crippen molar-refractivity contribution in [2.75, 3.05) is 13.2 Å². The van der Waals surface area contributed by atoms with Gasteiger partial charge in [-0.25, -0.2) is 0 Å². The number of phenolic OH excluding ortho intramolecular Hbond substituents is 1. The van der Waals surface area contributed by atoms with Crippen LogP contribution in [-0.4, -0.2) is 34.2 Å². The molecule has 0 unspecified atom stereocenters. The quantitative estimate of drug-likeness (QED) is 0.691. The van der Waals surface area contributed by atoms with E-state index < -0.39 is 0 Å². The monoisotopic (exact) mass is 367 g/mol. The molecule has 0 saturated carbocycles. The van der Waals surface area contributed by atoms with Gasteiger partial charge in [0.15, 0.2) is 0 Å². The number of carbonyl (C=O) groups excluding carboxylic acids is 1. The molecule has 3 aromatic rings.